The summed E-state index contributed by atoms with van der Waals surface area (Å²) in [4.78, 5) is 146. The van der Waals surface area contributed by atoms with Crippen LogP contribution in [0.4, 0.5) is 0 Å². The predicted molar refractivity (Wildman–Crippen MR) is 281 cm³/mol. The lowest BCUT2D eigenvalue weighted by molar-refractivity contribution is -0.143. The van der Waals surface area contributed by atoms with E-state index >= 15 is 0 Å². The summed E-state index contributed by atoms with van der Waals surface area (Å²) in [6.07, 6.45) is -3.60. The van der Waals surface area contributed by atoms with Gasteiger partial charge in [-0.05, 0) is 67.2 Å². The molecule has 0 bridgehead atoms. The van der Waals surface area contributed by atoms with Crippen LogP contribution >= 0.6 is 0 Å². The highest BCUT2D eigenvalue weighted by molar-refractivity contribution is 5.98. The smallest absolute Gasteiger partial charge is 0.326 e. The van der Waals surface area contributed by atoms with Crippen LogP contribution in [0.3, 0.4) is 0 Å². The van der Waals surface area contributed by atoms with Crippen LogP contribution in [0.5, 0.6) is 5.75 Å². The summed E-state index contributed by atoms with van der Waals surface area (Å²) in [7, 11) is 0. The molecule has 11 atom stereocenters. The highest BCUT2D eigenvalue weighted by Crippen LogP contribution is 2.16. The Balaban J connectivity index is 2.51. The average Bonchev–Trinajstić information content (AvgIpc) is 3.37. The number of carboxylic acid groups (broad SMARTS) is 2. The van der Waals surface area contributed by atoms with E-state index in [1.165, 1.54) is 31.2 Å². The molecule has 0 saturated carbocycles. The van der Waals surface area contributed by atoms with Crippen LogP contribution in [-0.4, -0.2) is 158 Å². The zero-order valence-electron chi connectivity index (χ0n) is 44.9. The molecule has 2 aromatic carbocycles. The number of aliphatic hydroxyl groups excluding tert-OH is 2. The van der Waals surface area contributed by atoms with Crippen molar-refractivity contribution in [3.05, 3.63) is 65.7 Å². The third-order valence-electron chi connectivity index (χ3n) is 12.5. The van der Waals surface area contributed by atoms with Gasteiger partial charge in [-0.15, -0.1) is 0 Å². The van der Waals surface area contributed by atoms with Crippen molar-refractivity contribution in [2.24, 2.45) is 29.2 Å². The van der Waals surface area contributed by atoms with Crippen molar-refractivity contribution in [1.29, 1.82) is 0 Å². The second-order valence-corrected chi connectivity index (χ2v) is 19.9. The van der Waals surface area contributed by atoms with Crippen molar-refractivity contribution in [3.8, 4) is 5.75 Å². The molecule has 26 nitrogen and oxygen atoms in total. The topological polar surface area (TPSA) is 437 Å². The maximum Gasteiger partial charge on any atom is 0.326 e. The number of carbonyl (C=O) groups is 11. The van der Waals surface area contributed by atoms with Crippen LogP contribution in [0.15, 0.2) is 54.6 Å². The second kappa shape index (κ2) is 32.8. The number of nitrogens with one attached hydrogen (secondary N) is 8. The Kier molecular flexibility index (Phi) is 27.9. The number of amides is 9. The maximum atomic E-state index is 14.5. The lowest BCUT2D eigenvalue weighted by Gasteiger charge is -2.30. The minimum atomic E-state index is -1.76. The molecule has 0 fully saturated rings. The average molecular weight is 1100 g/mol. The van der Waals surface area contributed by atoms with E-state index in [2.05, 4.69) is 42.5 Å². The molecule has 2 aromatic rings. The molecule has 0 aliphatic rings. The fraction of sp³-hybridized carbons (Fsp3) is 0.558. The monoisotopic (exact) mass is 1100 g/mol. The zero-order valence-corrected chi connectivity index (χ0v) is 44.9. The largest absolute Gasteiger partial charge is 0.508 e. The Morgan fingerprint density at radius 1 is 0.526 bits per heavy atom. The number of aliphatic carboxylic acids is 2. The van der Waals surface area contributed by atoms with Gasteiger partial charge in [-0.1, -0.05) is 90.4 Å². The summed E-state index contributed by atoms with van der Waals surface area (Å²) in [5.41, 5.74) is 12.2. The van der Waals surface area contributed by atoms with Gasteiger partial charge in [-0.3, -0.25) is 47.9 Å². The number of phenolic OH excluding ortho intramolecular Hbond substituents is 1. The molecular weight excluding hydrogens is 1020 g/mol. The third kappa shape index (κ3) is 22.9. The number of aliphatic hydroxyl groups is 2. The molecule has 0 aromatic heterocycles. The van der Waals surface area contributed by atoms with E-state index in [9.17, 15) is 78.3 Å². The van der Waals surface area contributed by atoms with E-state index in [0.717, 1.165) is 0 Å². The first-order valence-corrected chi connectivity index (χ1v) is 25.6. The molecule has 0 spiro atoms. The summed E-state index contributed by atoms with van der Waals surface area (Å²) < 4.78 is 0. The van der Waals surface area contributed by atoms with E-state index in [4.69, 9.17) is 11.5 Å². The Morgan fingerprint density at radius 2 is 0.949 bits per heavy atom. The molecule has 0 heterocycles. The number of carboxylic acids is 2. The number of benzene rings is 2. The van der Waals surface area contributed by atoms with Gasteiger partial charge in [-0.2, -0.15) is 0 Å². The van der Waals surface area contributed by atoms with E-state index in [1.54, 1.807) is 71.9 Å². The molecule has 0 saturated heterocycles. The van der Waals surface area contributed by atoms with E-state index in [0.29, 0.717) is 11.1 Å². The number of nitrogens with two attached hydrogens (primary N) is 2. The van der Waals surface area contributed by atoms with Crippen molar-refractivity contribution >= 4 is 65.1 Å². The fourth-order valence-corrected chi connectivity index (χ4v) is 7.69. The van der Waals surface area contributed by atoms with Crippen LogP contribution in [0.2, 0.25) is 0 Å². The second-order valence-electron chi connectivity index (χ2n) is 19.9. The molecule has 0 radical (unpaired) electrons. The summed E-state index contributed by atoms with van der Waals surface area (Å²) >= 11 is 0. The van der Waals surface area contributed by atoms with Gasteiger partial charge in [0.05, 0.1) is 12.7 Å². The Hall–Kier alpha value is -7.71. The van der Waals surface area contributed by atoms with Crippen molar-refractivity contribution in [1.82, 2.24) is 42.5 Å². The first-order chi connectivity index (χ1) is 36.6. The standard InChI is InChI=1S/C52H78N10O16/c1-8-28(6)43(51(76)56-33(18-20-39(53)66)45(70)60-38(25-63)48(73)61-42(27(4)5)50(75)59-37(52(77)78)22-26(2)3)62-47(72)36(24-31-14-16-32(65)17-15-31)57-44(69)34(19-21-40(67)68)55-46(71)35(23-30-12-10-9-11-13-30)58-49(74)41(54)29(7)64/h9-17,26-29,33-38,41-43,63-65H,8,18-25,54H2,1-7H3,(H2,53,66)(H,55,71)(H,56,76)(H,57,69)(H,58,74)(H,59,75)(H,60,70)(H,61,73)(H,62,72)(H,67,68)(H,77,78)/t28-,29+,33-,34-,35-,36-,37-,38-,41-,42-,43-/m0/s1. The van der Waals surface area contributed by atoms with Crippen LogP contribution in [-0.2, 0) is 65.6 Å². The maximum absolute atomic E-state index is 14.5. The zero-order chi connectivity index (χ0) is 59.0. The fourth-order valence-electron chi connectivity index (χ4n) is 7.69. The molecule has 26 heteroatoms. The molecule has 9 amide bonds. The summed E-state index contributed by atoms with van der Waals surface area (Å²) in [6, 6.07) is 0.154. The van der Waals surface area contributed by atoms with Gasteiger partial charge in [0.25, 0.3) is 0 Å². The van der Waals surface area contributed by atoms with Crippen LogP contribution < -0.4 is 54.0 Å². The Morgan fingerprint density at radius 3 is 1.42 bits per heavy atom. The number of hydrogen-bond donors (Lipinski definition) is 15. The summed E-state index contributed by atoms with van der Waals surface area (Å²) in [5.74, 6) is -13.1. The molecule has 0 unspecified atom stereocenters. The Bertz CT molecular complexity index is 2370. The normalized spacial score (nSPS) is 15.4. The van der Waals surface area contributed by atoms with Crippen LogP contribution in [0.1, 0.15) is 98.1 Å². The first kappa shape index (κ1) is 66.4. The summed E-state index contributed by atoms with van der Waals surface area (Å²) in [5, 5.41) is 69.1. The van der Waals surface area contributed by atoms with Gasteiger partial charge in [0.15, 0.2) is 0 Å². The molecule has 432 valence electrons. The van der Waals surface area contributed by atoms with Crippen LogP contribution in [0.25, 0.3) is 0 Å². The van der Waals surface area contributed by atoms with Crippen molar-refractivity contribution in [2.75, 3.05) is 6.61 Å². The van der Waals surface area contributed by atoms with Gasteiger partial charge in [0, 0.05) is 25.7 Å². The predicted octanol–water partition coefficient (Wildman–Crippen LogP) is -2.28. The quantitative estimate of drug-likeness (QED) is 0.0351. The van der Waals surface area contributed by atoms with Gasteiger partial charge >= 0.3 is 11.9 Å². The number of aromatic hydroxyl groups is 1. The third-order valence-corrected chi connectivity index (χ3v) is 12.5. The number of rotatable bonds is 34. The molecule has 78 heavy (non-hydrogen) atoms. The molecule has 17 N–H and O–H groups in total. The number of hydrogen-bond acceptors (Lipinski definition) is 15. The van der Waals surface area contributed by atoms with E-state index in [-0.39, 0.29) is 37.4 Å². The molecule has 0 aliphatic carbocycles. The van der Waals surface area contributed by atoms with Crippen molar-refractivity contribution in [3.63, 3.8) is 0 Å². The lowest BCUT2D eigenvalue weighted by Crippen LogP contribution is -2.62. The lowest BCUT2D eigenvalue weighted by atomic mass is 9.96. The molecule has 2 rings (SSSR count). The number of phenols is 1. The minimum absolute atomic E-state index is 0.0779. The van der Waals surface area contributed by atoms with E-state index < -0.39 is 170 Å². The number of carbonyl (C=O) groups excluding carboxylic acids is 9. The van der Waals surface area contributed by atoms with Gasteiger partial charge in [0.2, 0.25) is 53.2 Å². The summed E-state index contributed by atoms with van der Waals surface area (Å²) in [6.45, 7) is 10.1. The first-order valence-electron chi connectivity index (χ1n) is 25.6. The van der Waals surface area contributed by atoms with E-state index in [1.807, 2.05) is 0 Å². The van der Waals surface area contributed by atoms with Crippen molar-refractivity contribution < 1.29 is 78.3 Å². The highest BCUT2D eigenvalue weighted by atomic mass is 16.4. The van der Waals surface area contributed by atoms with Gasteiger partial charge in [0.1, 0.15) is 60.1 Å². The van der Waals surface area contributed by atoms with Gasteiger partial charge in [-0.25, -0.2) is 4.79 Å². The van der Waals surface area contributed by atoms with Gasteiger partial charge < -0.3 is 79.5 Å². The Labute approximate surface area is 452 Å². The minimum Gasteiger partial charge on any atom is -0.508 e. The highest BCUT2D eigenvalue weighted by Gasteiger charge is 2.37. The molecular formula is C52H78N10O16. The number of primary amides is 1. The molecule has 0 aliphatic heterocycles. The SMILES string of the molecule is CC[C@H](C)[C@H](NC(=O)[C@H](Cc1ccc(O)cc1)NC(=O)[C@H](CCC(=O)O)NC(=O)[C@H](Cc1ccccc1)NC(=O)[C@@H](N)[C@@H](C)O)C(=O)N[C@@H](CCC(N)=O)C(=O)N[C@@H](CO)C(=O)N[C@H](C(=O)N[C@@H](CC(C)C)C(=O)O)C(C)C. The van der Waals surface area contributed by atoms with Crippen molar-refractivity contribution in [2.45, 2.75) is 160 Å². The van der Waals surface area contributed by atoms with Crippen LogP contribution in [0, 0.1) is 17.8 Å².